The Morgan fingerprint density at radius 3 is 2.59 bits per heavy atom. The van der Waals surface area contributed by atoms with Crippen molar-refractivity contribution in [1.82, 2.24) is 0 Å². The number of hydrogen-bond donors (Lipinski definition) is 2. The fraction of sp³-hybridized carbons (Fsp3) is 0.588. The number of carbonyl (C=O) groups excluding carboxylic acids is 1. The van der Waals surface area contributed by atoms with Crippen molar-refractivity contribution < 1.29 is 9.53 Å². The molecule has 2 atom stereocenters. The number of nitrogens with two attached hydrogens (primary N) is 1. The van der Waals surface area contributed by atoms with Gasteiger partial charge in [-0.25, -0.2) is 0 Å². The molecule has 2 unspecified atom stereocenters. The molecule has 1 aromatic rings. The van der Waals surface area contributed by atoms with Gasteiger partial charge in [-0.15, -0.1) is 0 Å². The lowest BCUT2D eigenvalue weighted by Crippen LogP contribution is -2.48. The van der Waals surface area contributed by atoms with E-state index in [9.17, 15) is 4.79 Å². The normalized spacial score (nSPS) is 30.7. The van der Waals surface area contributed by atoms with Crippen molar-refractivity contribution in [3.63, 3.8) is 0 Å². The Bertz CT molecular complexity index is 550. The first-order valence-corrected chi connectivity index (χ1v) is 8.77. The molecule has 22 heavy (non-hydrogen) atoms. The maximum absolute atomic E-state index is 12.6. The summed E-state index contributed by atoms with van der Waals surface area (Å²) in [6.07, 6.45) is 5.48. The smallest absolute Gasteiger partial charge is 0.227 e. The molecule has 3 N–H and O–H groups in total. The number of amides is 1. The first-order valence-electron chi connectivity index (χ1n) is 7.98. The molecular formula is C17H23BrN2O2. The van der Waals surface area contributed by atoms with Crippen molar-refractivity contribution in [3.8, 4) is 5.75 Å². The average molecular weight is 367 g/mol. The number of nitrogens with one attached hydrogen (secondary N) is 1. The van der Waals surface area contributed by atoms with Gasteiger partial charge < -0.3 is 15.8 Å². The van der Waals surface area contributed by atoms with Gasteiger partial charge in [0.2, 0.25) is 5.91 Å². The molecule has 0 spiro atoms. The molecule has 5 heteroatoms. The highest BCUT2D eigenvalue weighted by atomic mass is 79.9. The number of ether oxygens (including phenoxy) is 1. The molecule has 0 radical (unpaired) electrons. The lowest BCUT2D eigenvalue weighted by atomic mass is 9.65. The topological polar surface area (TPSA) is 64.3 Å². The molecule has 0 saturated heterocycles. The molecule has 4 nitrogen and oxygen atoms in total. The van der Waals surface area contributed by atoms with Crippen LogP contribution < -0.4 is 15.8 Å². The predicted molar refractivity (Wildman–Crippen MR) is 90.9 cm³/mol. The van der Waals surface area contributed by atoms with Crippen molar-refractivity contribution in [2.75, 3.05) is 12.4 Å². The van der Waals surface area contributed by atoms with Crippen LogP contribution in [0.15, 0.2) is 22.7 Å². The number of carbonyl (C=O) groups is 1. The predicted octanol–water partition coefficient (Wildman–Crippen LogP) is 3.55. The molecule has 2 fully saturated rings. The summed E-state index contributed by atoms with van der Waals surface area (Å²) in [5, 5.41) is 3.04. The van der Waals surface area contributed by atoms with Gasteiger partial charge in [0, 0.05) is 17.6 Å². The van der Waals surface area contributed by atoms with Crippen molar-refractivity contribution in [2.24, 2.45) is 23.5 Å². The Morgan fingerprint density at radius 2 is 2.00 bits per heavy atom. The van der Waals surface area contributed by atoms with Crippen LogP contribution in [-0.2, 0) is 4.79 Å². The molecule has 2 aliphatic rings. The van der Waals surface area contributed by atoms with E-state index in [0.717, 1.165) is 28.8 Å². The number of anilines is 1. The molecule has 2 bridgehead atoms. The minimum absolute atomic E-state index is 0.0935. The standard InChI is InChI=1S/C17H23BrN2O2/c1-22-15-6-5-13(9-14(15)18)20-17(21)12-7-10-3-2-4-11(8-12)16(10)19/h5-6,9-12,16H,2-4,7-8,19H2,1H3,(H,20,21). The minimum Gasteiger partial charge on any atom is -0.496 e. The van der Waals surface area contributed by atoms with Crippen molar-refractivity contribution in [3.05, 3.63) is 22.7 Å². The Hall–Kier alpha value is -1.07. The summed E-state index contributed by atoms with van der Waals surface area (Å²) < 4.78 is 6.05. The molecule has 2 saturated carbocycles. The first kappa shape index (κ1) is 15.8. The second-order valence-electron chi connectivity index (χ2n) is 6.54. The summed E-state index contributed by atoms with van der Waals surface area (Å²) >= 11 is 3.45. The van der Waals surface area contributed by atoms with Gasteiger partial charge in [-0.2, -0.15) is 0 Å². The summed E-state index contributed by atoms with van der Waals surface area (Å²) in [5.74, 6) is 2.02. The molecule has 2 aliphatic carbocycles. The highest BCUT2D eigenvalue weighted by molar-refractivity contribution is 9.10. The highest BCUT2D eigenvalue weighted by Gasteiger charge is 2.40. The highest BCUT2D eigenvalue weighted by Crippen LogP contribution is 2.42. The van der Waals surface area contributed by atoms with E-state index >= 15 is 0 Å². The Balaban J connectivity index is 1.66. The van der Waals surface area contributed by atoms with Gasteiger partial charge in [-0.1, -0.05) is 6.42 Å². The van der Waals surface area contributed by atoms with Crippen LogP contribution in [0, 0.1) is 17.8 Å². The van der Waals surface area contributed by atoms with Gasteiger partial charge in [0.15, 0.2) is 0 Å². The maximum atomic E-state index is 12.6. The van der Waals surface area contributed by atoms with E-state index in [2.05, 4.69) is 21.2 Å². The van der Waals surface area contributed by atoms with E-state index in [1.807, 2.05) is 18.2 Å². The zero-order valence-electron chi connectivity index (χ0n) is 12.8. The number of methoxy groups -OCH3 is 1. The third-order valence-corrected chi connectivity index (χ3v) is 5.82. The second kappa shape index (κ2) is 6.59. The number of rotatable bonds is 3. The van der Waals surface area contributed by atoms with Gasteiger partial charge in [-0.3, -0.25) is 4.79 Å². The van der Waals surface area contributed by atoms with Crippen LogP contribution in [-0.4, -0.2) is 19.1 Å². The summed E-state index contributed by atoms with van der Waals surface area (Å²) in [6, 6.07) is 5.90. The third kappa shape index (κ3) is 3.15. The zero-order chi connectivity index (χ0) is 15.7. The summed E-state index contributed by atoms with van der Waals surface area (Å²) in [5.41, 5.74) is 7.10. The fourth-order valence-electron chi connectivity index (χ4n) is 3.99. The lowest BCUT2D eigenvalue weighted by molar-refractivity contribution is -0.122. The lowest BCUT2D eigenvalue weighted by Gasteiger charge is -2.43. The fourth-order valence-corrected chi connectivity index (χ4v) is 4.53. The second-order valence-corrected chi connectivity index (χ2v) is 7.39. The van der Waals surface area contributed by atoms with Gasteiger partial charge >= 0.3 is 0 Å². The van der Waals surface area contributed by atoms with E-state index in [0.29, 0.717) is 17.9 Å². The number of fused-ring (bicyclic) bond motifs is 2. The number of benzene rings is 1. The first-order chi connectivity index (χ1) is 10.6. The third-order valence-electron chi connectivity index (χ3n) is 5.20. The van der Waals surface area contributed by atoms with E-state index in [1.54, 1.807) is 7.11 Å². The number of hydrogen-bond acceptors (Lipinski definition) is 3. The van der Waals surface area contributed by atoms with Crippen LogP contribution >= 0.6 is 15.9 Å². The van der Waals surface area contributed by atoms with Crippen molar-refractivity contribution in [1.29, 1.82) is 0 Å². The van der Waals surface area contributed by atoms with Crippen molar-refractivity contribution >= 4 is 27.5 Å². The maximum Gasteiger partial charge on any atom is 0.227 e. The summed E-state index contributed by atoms with van der Waals surface area (Å²) in [4.78, 5) is 12.6. The van der Waals surface area contributed by atoms with E-state index in [-0.39, 0.29) is 11.8 Å². The molecule has 3 rings (SSSR count). The number of halogens is 1. The quantitative estimate of drug-likeness (QED) is 0.859. The van der Waals surface area contributed by atoms with Gasteiger partial charge in [0.25, 0.3) is 0 Å². The Morgan fingerprint density at radius 1 is 1.32 bits per heavy atom. The van der Waals surface area contributed by atoms with E-state index in [1.165, 1.54) is 19.3 Å². The molecule has 0 aromatic heterocycles. The van der Waals surface area contributed by atoms with Crippen LogP contribution in [0.3, 0.4) is 0 Å². The molecule has 0 aliphatic heterocycles. The van der Waals surface area contributed by atoms with E-state index < -0.39 is 0 Å². The van der Waals surface area contributed by atoms with E-state index in [4.69, 9.17) is 10.5 Å². The summed E-state index contributed by atoms with van der Waals surface area (Å²) in [6.45, 7) is 0. The summed E-state index contributed by atoms with van der Waals surface area (Å²) in [7, 11) is 1.63. The average Bonchev–Trinajstić information content (AvgIpc) is 2.47. The van der Waals surface area contributed by atoms with Crippen molar-refractivity contribution in [2.45, 2.75) is 38.1 Å². The monoisotopic (exact) mass is 366 g/mol. The molecule has 1 amide bonds. The minimum atomic E-state index is 0.0935. The van der Waals surface area contributed by atoms with Gasteiger partial charge in [0.05, 0.1) is 11.6 Å². The Kier molecular flexibility index (Phi) is 4.73. The van der Waals surface area contributed by atoms with Gasteiger partial charge in [-0.05, 0) is 71.6 Å². The van der Waals surface area contributed by atoms with Crippen LogP contribution in [0.25, 0.3) is 0 Å². The van der Waals surface area contributed by atoms with Gasteiger partial charge in [0.1, 0.15) is 5.75 Å². The van der Waals surface area contributed by atoms with Crippen LogP contribution in [0.4, 0.5) is 5.69 Å². The van der Waals surface area contributed by atoms with Crippen LogP contribution in [0.2, 0.25) is 0 Å². The van der Waals surface area contributed by atoms with Crippen LogP contribution in [0.5, 0.6) is 5.75 Å². The SMILES string of the molecule is COc1ccc(NC(=O)C2CC3CCCC(C2)C3N)cc1Br. The molecule has 120 valence electrons. The molecule has 0 heterocycles. The Labute approximate surface area is 139 Å². The largest absolute Gasteiger partial charge is 0.496 e. The molecular weight excluding hydrogens is 344 g/mol. The molecule has 1 aromatic carbocycles. The zero-order valence-corrected chi connectivity index (χ0v) is 14.4. The van der Waals surface area contributed by atoms with Crippen LogP contribution in [0.1, 0.15) is 32.1 Å².